The van der Waals surface area contributed by atoms with E-state index in [1.165, 1.54) is 56.7 Å². The van der Waals surface area contributed by atoms with Gasteiger partial charge in [0.2, 0.25) is 5.75 Å². The second-order valence-electron chi connectivity index (χ2n) is 10.3. The highest BCUT2D eigenvalue weighted by atomic mass is 19.4. The third-order valence-electron chi connectivity index (χ3n) is 7.62. The number of halogens is 7. The lowest BCUT2D eigenvalue weighted by Crippen LogP contribution is -2.19. The molecule has 0 saturated heterocycles. The summed E-state index contributed by atoms with van der Waals surface area (Å²) in [5.74, 6) is -4.98. The molecule has 38 heavy (non-hydrogen) atoms. The molecule has 0 bridgehead atoms. The highest BCUT2D eigenvalue weighted by Crippen LogP contribution is 2.37. The van der Waals surface area contributed by atoms with Gasteiger partial charge in [-0.2, -0.15) is 0 Å². The Kier molecular flexibility index (Phi) is 8.89. The molecular formula is C30H31F7O. The molecule has 0 amide bonds. The zero-order valence-corrected chi connectivity index (χ0v) is 21.2. The molecule has 3 aromatic carbocycles. The smallest absolute Gasteiger partial charge is 0.399 e. The van der Waals surface area contributed by atoms with E-state index < -0.39 is 35.4 Å². The van der Waals surface area contributed by atoms with Crippen molar-refractivity contribution in [2.45, 2.75) is 77.5 Å². The molecular weight excluding hydrogens is 509 g/mol. The molecule has 3 aromatic rings. The lowest BCUT2D eigenvalue weighted by atomic mass is 9.77. The highest BCUT2D eigenvalue weighted by molar-refractivity contribution is 5.89. The van der Waals surface area contributed by atoms with Gasteiger partial charge in [-0.15, -0.1) is 13.2 Å². The van der Waals surface area contributed by atoms with Gasteiger partial charge in [0.25, 0.3) is 0 Å². The molecule has 206 valence electrons. The summed E-state index contributed by atoms with van der Waals surface area (Å²) < 4.78 is 99.7. The molecule has 0 atom stereocenters. The summed E-state index contributed by atoms with van der Waals surface area (Å²) in [6.07, 6.45) is 5.90. The molecule has 1 aliphatic rings. The van der Waals surface area contributed by atoms with Gasteiger partial charge in [0, 0.05) is 5.39 Å². The van der Waals surface area contributed by atoms with Gasteiger partial charge in [-0.3, -0.25) is 0 Å². The number of aryl methyl sites for hydroxylation is 1. The van der Waals surface area contributed by atoms with Crippen LogP contribution >= 0.6 is 0 Å². The Bertz CT molecular complexity index is 1240. The van der Waals surface area contributed by atoms with E-state index >= 15 is 8.78 Å². The van der Waals surface area contributed by atoms with Gasteiger partial charge in [0.1, 0.15) is 11.6 Å². The van der Waals surface area contributed by atoms with E-state index in [-0.39, 0.29) is 21.9 Å². The average Bonchev–Trinajstić information content (AvgIpc) is 2.85. The first kappa shape index (κ1) is 28.2. The zero-order valence-electron chi connectivity index (χ0n) is 21.2. The number of hydrogen-bond donors (Lipinski definition) is 0. The van der Waals surface area contributed by atoms with Gasteiger partial charge < -0.3 is 4.74 Å². The number of rotatable bonds is 9. The van der Waals surface area contributed by atoms with Crippen molar-refractivity contribution in [3.05, 3.63) is 65.2 Å². The Balaban J connectivity index is 1.46. The summed E-state index contributed by atoms with van der Waals surface area (Å²) in [5.41, 5.74) is 0.198. The van der Waals surface area contributed by atoms with Gasteiger partial charge in [0.05, 0.1) is 5.56 Å². The van der Waals surface area contributed by atoms with Gasteiger partial charge >= 0.3 is 6.36 Å². The van der Waals surface area contributed by atoms with E-state index in [2.05, 4.69) is 11.7 Å². The summed E-state index contributed by atoms with van der Waals surface area (Å²) in [4.78, 5) is 0. The fourth-order valence-corrected chi connectivity index (χ4v) is 5.58. The van der Waals surface area contributed by atoms with Crippen molar-refractivity contribution < 1.29 is 35.5 Å². The largest absolute Gasteiger partial charge is 0.573 e. The quantitative estimate of drug-likeness (QED) is 0.194. The van der Waals surface area contributed by atoms with Crippen LogP contribution in [0.15, 0.2) is 36.4 Å². The highest BCUT2D eigenvalue weighted by Gasteiger charge is 2.34. The molecule has 0 aliphatic heterocycles. The summed E-state index contributed by atoms with van der Waals surface area (Å²) in [6, 6.07) is 6.57. The zero-order chi connectivity index (χ0) is 27.4. The number of hydrogen-bond acceptors (Lipinski definition) is 1. The third kappa shape index (κ3) is 6.80. The number of fused-ring (bicyclic) bond motifs is 1. The van der Waals surface area contributed by atoms with Crippen molar-refractivity contribution in [3.63, 3.8) is 0 Å². The Morgan fingerprint density at radius 3 is 2.03 bits per heavy atom. The topological polar surface area (TPSA) is 9.23 Å². The van der Waals surface area contributed by atoms with Crippen LogP contribution in [-0.2, 0) is 6.42 Å². The number of ether oxygens (including phenoxy) is 1. The van der Waals surface area contributed by atoms with Crippen molar-refractivity contribution in [3.8, 4) is 16.9 Å². The molecule has 0 N–H and O–H groups in total. The van der Waals surface area contributed by atoms with Crippen LogP contribution in [0.3, 0.4) is 0 Å². The normalized spacial score (nSPS) is 18.2. The van der Waals surface area contributed by atoms with Gasteiger partial charge in [-0.25, -0.2) is 17.6 Å². The summed E-state index contributed by atoms with van der Waals surface area (Å²) in [5, 5.41) is -0.521. The summed E-state index contributed by atoms with van der Waals surface area (Å²) in [7, 11) is 0. The predicted octanol–water partition coefficient (Wildman–Crippen LogP) is 10.3. The number of alkyl halides is 3. The van der Waals surface area contributed by atoms with Crippen molar-refractivity contribution >= 4 is 10.8 Å². The summed E-state index contributed by atoms with van der Waals surface area (Å²) in [6.45, 7) is 2.20. The van der Waals surface area contributed by atoms with Crippen LogP contribution in [0.2, 0.25) is 0 Å². The molecule has 0 aromatic heterocycles. The second kappa shape index (κ2) is 12.0. The van der Waals surface area contributed by atoms with Crippen LogP contribution in [0.25, 0.3) is 21.9 Å². The minimum absolute atomic E-state index is 0.0173. The van der Waals surface area contributed by atoms with Crippen molar-refractivity contribution in [1.82, 2.24) is 0 Å². The van der Waals surface area contributed by atoms with Crippen LogP contribution in [0.4, 0.5) is 30.7 Å². The molecule has 0 heterocycles. The standard InChI is InChI=1S/C30H31F7O/c1-2-3-4-5-18-6-8-19(9-7-18)10-11-20-14-24(31)27(25(32)15-20)21-12-13-23-22(16-21)17-26(33)29(28(23)34)38-30(35,36)37/h12-19H,2-11H2,1H3/t18-,19-. The van der Waals surface area contributed by atoms with Crippen LogP contribution in [0.1, 0.15) is 70.3 Å². The van der Waals surface area contributed by atoms with E-state index in [0.29, 0.717) is 24.0 Å². The Morgan fingerprint density at radius 1 is 0.789 bits per heavy atom. The molecule has 1 aliphatic carbocycles. The molecule has 0 unspecified atom stereocenters. The van der Waals surface area contributed by atoms with Gasteiger partial charge in [-0.1, -0.05) is 70.4 Å². The number of unbranched alkanes of at least 4 members (excludes halogenated alkanes) is 2. The van der Waals surface area contributed by atoms with Crippen LogP contribution < -0.4 is 4.74 Å². The molecule has 4 rings (SSSR count). The molecule has 1 saturated carbocycles. The summed E-state index contributed by atoms with van der Waals surface area (Å²) >= 11 is 0. The van der Waals surface area contributed by atoms with Gasteiger partial charge in [-0.05, 0) is 65.5 Å². The van der Waals surface area contributed by atoms with E-state index in [0.717, 1.165) is 37.3 Å². The fraction of sp³-hybridized carbons (Fsp3) is 0.467. The Hall–Kier alpha value is -2.77. The molecule has 1 fully saturated rings. The Labute approximate surface area is 218 Å². The minimum atomic E-state index is -5.28. The first-order valence-electron chi connectivity index (χ1n) is 13.2. The molecule has 0 spiro atoms. The van der Waals surface area contributed by atoms with Gasteiger partial charge in [0.15, 0.2) is 11.6 Å². The van der Waals surface area contributed by atoms with Crippen LogP contribution in [0, 0.1) is 35.1 Å². The molecule has 1 nitrogen and oxygen atoms in total. The maximum absolute atomic E-state index is 15.0. The first-order valence-corrected chi connectivity index (χ1v) is 13.2. The Morgan fingerprint density at radius 2 is 1.42 bits per heavy atom. The molecule has 0 radical (unpaired) electrons. The van der Waals surface area contributed by atoms with Crippen molar-refractivity contribution in [2.24, 2.45) is 11.8 Å². The number of benzene rings is 3. The monoisotopic (exact) mass is 540 g/mol. The molecule has 8 heteroatoms. The van der Waals surface area contributed by atoms with E-state index in [1.54, 1.807) is 0 Å². The van der Waals surface area contributed by atoms with E-state index in [1.807, 2.05) is 0 Å². The lowest BCUT2D eigenvalue weighted by Gasteiger charge is -2.28. The maximum Gasteiger partial charge on any atom is 0.573 e. The maximum atomic E-state index is 15.0. The van der Waals surface area contributed by atoms with Crippen molar-refractivity contribution in [2.75, 3.05) is 0 Å². The van der Waals surface area contributed by atoms with Crippen LogP contribution in [0.5, 0.6) is 5.75 Å². The van der Waals surface area contributed by atoms with E-state index in [9.17, 15) is 22.0 Å². The predicted molar refractivity (Wildman–Crippen MR) is 134 cm³/mol. The third-order valence-corrected chi connectivity index (χ3v) is 7.62. The fourth-order valence-electron chi connectivity index (χ4n) is 5.58. The lowest BCUT2D eigenvalue weighted by molar-refractivity contribution is -0.276. The SMILES string of the molecule is CCCCC[C@H]1CC[C@H](CCc2cc(F)c(-c3ccc4c(F)c(OC(F)(F)F)c(F)cc4c3)c(F)c2)CC1. The van der Waals surface area contributed by atoms with E-state index in [4.69, 9.17) is 0 Å². The second-order valence-corrected chi connectivity index (χ2v) is 10.3. The van der Waals surface area contributed by atoms with Crippen molar-refractivity contribution in [1.29, 1.82) is 0 Å². The average molecular weight is 541 g/mol. The minimum Gasteiger partial charge on any atom is -0.399 e. The van der Waals surface area contributed by atoms with Crippen LogP contribution in [-0.4, -0.2) is 6.36 Å². The first-order chi connectivity index (χ1) is 18.1.